The molecule has 2 nitrogen and oxygen atoms in total. The van der Waals surface area contributed by atoms with Gasteiger partial charge < -0.3 is 0 Å². The minimum Gasteiger partial charge on any atom is -0.211 e. The summed E-state index contributed by atoms with van der Waals surface area (Å²) in [5.74, 6) is 0.828. The summed E-state index contributed by atoms with van der Waals surface area (Å²) in [6.07, 6.45) is 0. The zero-order chi connectivity index (χ0) is 14.1. The van der Waals surface area contributed by atoms with E-state index in [2.05, 4.69) is 23.0 Å². The molecule has 3 rings (SSSR count). The molecule has 0 radical (unpaired) electrons. The summed E-state index contributed by atoms with van der Waals surface area (Å²) in [4.78, 5) is 10.8. The monoisotopic (exact) mass is 340 g/mol. The van der Waals surface area contributed by atoms with Gasteiger partial charge in [0.05, 0.1) is 0 Å². The summed E-state index contributed by atoms with van der Waals surface area (Å²) in [7, 11) is 0. The predicted octanol–water partition coefficient (Wildman–Crippen LogP) is 5.60. The number of thioether (sulfide) groups is 1. The molecule has 102 valence electrons. The predicted molar refractivity (Wildman–Crippen MR) is 88.2 cm³/mol. The molecule has 3 aromatic rings. The second kappa shape index (κ2) is 5.90. The van der Waals surface area contributed by atoms with Crippen LogP contribution in [0, 0.1) is 6.92 Å². The molecule has 0 atom stereocenters. The van der Waals surface area contributed by atoms with Crippen molar-refractivity contribution < 1.29 is 0 Å². The molecule has 6 heteroatoms. The van der Waals surface area contributed by atoms with E-state index in [-0.39, 0.29) is 0 Å². The van der Waals surface area contributed by atoms with E-state index in [0.717, 1.165) is 26.0 Å². The van der Waals surface area contributed by atoms with Crippen LogP contribution < -0.4 is 0 Å². The molecule has 0 fully saturated rings. The number of thiophene rings is 1. The first-order valence-corrected chi connectivity index (χ1v) is 8.48. The average molecular weight is 341 g/mol. The maximum Gasteiger partial charge on any atom is 0.224 e. The Bertz CT molecular complexity index is 754. The maximum absolute atomic E-state index is 5.99. The molecule has 0 aliphatic heterocycles. The molecule has 0 saturated carbocycles. The second-order valence-electron chi connectivity index (χ2n) is 4.29. The van der Waals surface area contributed by atoms with Gasteiger partial charge >= 0.3 is 0 Å². The number of benzene rings is 1. The summed E-state index contributed by atoms with van der Waals surface area (Å²) < 4.78 is 0. The summed E-state index contributed by atoms with van der Waals surface area (Å²) in [6, 6.07) is 9.95. The van der Waals surface area contributed by atoms with E-state index in [1.807, 2.05) is 24.3 Å². The number of hydrogen-bond acceptors (Lipinski definition) is 4. The van der Waals surface area contributed by atoms with E-state index in [0.29, 0.717) is 5.28 Å². The zero-order valence-corrected chi connectivity index (χ0v) is 13.7. The standard InChI is InChI=1S/C14H10Cl2N2S2/c1-8-6-11-12(17-14(16)18-13(11)20-8)19-7-9-2-4-10(15)5-3-9/h2-6H,7H2,1H3. The van der Waals surface area contributed by atoms with Gasteiger partial charge in [0.15, 0.2) is 0 Å². The first kappa shape index (κ1) is 14.1. The Morgan fingerprint density at radius 3 is 2.65 bits per heavy atom. The zero-order valence-electron chi connectivity index (χ0n) is 10.6. The number of halogens is 2. The first-order chi connectivity index (χ1) is 9.61. The Morgan fingerprint density at radius 1 is 1.15 bits per heavy atom. The number of hydrogen-bond donors (Lipinski definition) is 0. The van der Waals surface area contributed by atoms with Gasteiger partial charge in [-0.1, -0.05) is 23.7 Å². The van der Waals surface area contributed by atoms with Crippen LogP contribution in [0.1, 0.15) is 10.4 Å². The fourth-order valence-corrected chi connectivity index (χ4v) is 4.13. The van der Waals surface area contributed by atoms with Crippen molar-refractivity contribution in [1.82, 2.24) is 9.97 Å². The van der Waals surface area contributed by atoms with Crippen molar-refractivity contribution in [2.24, 2.45) is 0 Å². The Kier molecular flexibility index (Phi) is 4.17. The van der Waals surface area contributed by atoms with Gasteiger partial charge in [-0.05, 0) is 42.3 Å². The van der Waals surface area contributed by atoms with E-state index < -0.39 is 0 Å². The first-order valence-electron chi connectivity index (χ1n) is 5.93. The van der Waals surface area contributed by atoms with Crippen LogP contribution >= 0.6 is 46.3 Å². The highest BCUT2D eigenvalue weighted by atomic mass is 35.5. The Morgan fingerprint density at radius 2 is 1.90 bits per heavy atom. The van der Waals surface area contributed by atoms with Gasteiger partial charge in [0.25, 0.3) is 0 Å². The summed E-state index contributed by atoms with van der Waals surface area (Å²) in [5.41, 5.74) is 1.20. The lowest BCUT2D eigenvalue weighted by Gasteiger charge is -2.03. The van der Waals surface area contributed by atoms with Crippen LogP contribution in [0.4, 0.5) is 0 Å². The van der Waals surface area contributed by atoms with Crippen molar-refractivity contribution in [3.63, 3.8) is 0 Å². The van der Waals surface area contributed by atoms with Crippen molar-refractivity contribution in [3.05, 3.63) is 51.1 Å². The normalized spacial score (nSPS) is 11.2. The molecule has 0 bridgehead atoms. The van der Waals surface area contributed by atoms with Crippen molar-refractivity contribution in [1.29, 1.82) is 0 Å². The molecule has 0 aliphatic carbocycles. The summed E-state index contributed by atoms with van der Waals surface area (Å²) >= 11 is 15.2. The summed E-state index contributed by atoms with van der Waals surface area (Å²) in [5, 5.41) is 3.06. The average Bonchev–Trinajstić information content (AvgIpc) is 2.78. The fourth-order valence-electron chi connectivity index (χ4n) is 1.83. The Hall–Kier alpha value is -0.810. The van der Waals surface area contributed by atoms with Crippen LogP contribution in [0.3, 0.4) is 0 Å². The van der Waals surface area contributed by atoms with Gasteiger partial charge in [-0.2, -0.15) is 0 Å². The van der Waals surface area contributed by atoms with Gasteiger partial charge in [0, 0.05) is 21.0 Å². The summed E-state index contributed by atoms with van der Waals surface area (Å²) in [6.45, 7) is 2.06. The van der Waals surface area contributed by atoms with Crippen molar-refractivity contribution in [3.8, 4) is 0 Å². The Balaban J connectivity index is 1.88. The largest absolute Gasteiger partial charge is 0.224 e. The molecule has 2 aromatic heterocycles. The number of aromatic nitrogens is 2. The van der Waals surface area contributed by atoms with Gasteiger partial charge in [-0.15, -0.1) is 23.1 Å². The van der Waals surface area contributed by atoms with Gasteiger partial charge in [-0.25, -0.2) is 9.97 Å². The minimum absolute atomic E-state index is 0.304. The van der Waals surface area contributed by atoms with Crippen LogP contribution in [0.2, 0.25) is 10.3 Å². The lowest BCUT2D eigenvalue weighted by Crippen LogP contribution is -1.87. The van der Waals surface area contributed by atoms with E-state index in [4.69, 9.17) is 23.2 Å². The van der Waals surface area contributed by atoms with Gasteiger partial charge in [0.2, 0.25) is 5.28 Å². The topological polar surface area (TPSA) is 25.8 Å². The molecule has 0 saturated heterocycles. The number of aryl methyl sites for hydroxylation is 1. The molecule has 20 heavy (non-hydrogen) atoms. The molecular weight excluding hydrogens is 331 g/mol. The highest BCUT2D eigenvalue weighted by Crippen LogP contribution is 2.33. The highest BCUT2D eigenvalue weighted by molar-refractivity contribution is 7.98. The van der Waals surface area contributed by atoms with E-state index in [1.54, 1.807) is 23.1 Å². The third-order valence-corrected chi connectivity index (χ3v) is 5.17. The molecular formula is C14H10Cl2N2S2. The van der Waals surface area contributed by atoms with Gasteiger partial charge in [-0.3, -0.25) is 0 Å². The SMILES string of the molecule is Cc1cc2c(SCc3ccc(Cl)cc3)nc(Cl)nc2s1. The highest BCUT2D eigenvalue weighted by Gasteiger charge is 2.10. The lowest BCUT2D eigenvalue weighted by molar-refractivity contribution is 1.11. The smallest absolute Gasteiger partial charge is 0.211 e. The second-order valence-corrected chi connectivity index (χ2v) is 7.26. The molecule has 0 aliphatic rings. The molecule has 0 N–H and O–H groups in total. The third kappa shape index (κ3) is 3.09. The van der Waals surface area contributed by atoms with Crippen molar-refractivity contribution in [2.45, 2.75) is 17.7 Å². The van der Waals surface area contributed by atoms with Crippen molar-refractivity contribution in [2.75, 3.05) is 0 Å². The molecule has 0 amide bonds. The quantitative estimate of drug-likeness (QED) is 0.352. The van der Waals surface area contributed by atoms with Crippen LogP contribution in [0.25, 0.3) is 10.2 Å². The van der Waals surface area contributed by atoms with Crippen LogP contribution in [-0.4, -0.2) is 9.97 Å². The maximum atomic E-state index is 5.99. The number of nitrogens with zero attached hydrogens (tertiary/aromatic N) is 2. The van der Waals surface area contributed by atoms with Crippen molar-refractivity contribution >= 4 is 56.5 Å². The number of rotatable bonds is 3. The van der Waals surface area contributed by atoms with Crippen LogP contribution in [0.15, 0.2) is 35.4 Å². The Labute approximate surface area is 135 Å². The van der Waals surface area contributed by atoms with E-state index in [9.17, 15) is 0 Å². The molecule has 0 unspecified atom stereocenters. The molecule has 2 heterocycles. The number of fused-ring (bicyclic) bond motifs is 1. The third-order valence-electron chi connectivity index (χ3n) is 2.74. The fraction of sp³-hybridized carbons (Fsp3) is 0.143. The molecule has 0 spiro atoms. The van der Waals surface area contributed by atoms with E-state index >= 15 is 0 Å². The van der Waals surface area contributed by atoms with Gasteiger partial charge in [0.1, 0.15) is 9.86 Å². The lowest BCUT2D eigenvalue weighted by atomic mass is 10.2. The van der Waals surface area contributed by atoms with Crippen LogP contribution in [0.5, 0.6) is 0 Å². The van der Waals surface area contributed by atoms with E-state index in [1.165, 1.54) is 10.4 Å². The molecule has 1 aromatic carbocycles. The minimum atomic E-state index is 0.304. The van der Waals surface area contributed by atoms with Crippen LogP contribution in [-0.2, 0) is 5.75 Å².